The van der Waals surface area contributed by atoms with Crippen LogP contribution < -0.4 is 11.1 Å². The summed E-state index contributed by atoms with van der Waals surface area (Å²) in [6.07, 6.45) is 1.12. The first kappa shape index (κ1) is 15.1. The number of nitrogen functional groups attached to an aromatic ring is 1. The van der Waals surface area contributed by atoms with Crippen LogP contribution in [0.4, 0.5) is 11.4 Å². The molecule has 0 unspecified atom stereocenters. The van der Waals surface area contributed by atoms with Crippen molar-refractivity contribution >= 4 is 27.1 Å². The van der Waals surface area contributed by atoms with Crippen molar-refractivity contribution in [2.24, 2.45) is 0 Å². The topological polar surface area (TPSA) is 89.3 Å². The lowest BCUT2D eigenvalue weighted by molar-refractivity contribution is 0.102. The van der Waals surface area contributed by atoms with E-state index in [0.717, 1.165) is 11.8 Å². The van der Waals surface area contributed by atoms with Crippen molar-refractivity contribution in [3.63, 3.8) is 0 Å². The molecule has 21 heavy (non-hydrogen) atoms. The summed E-state index contributed by atoms with van der Waals surface area (Å²) in [5, 5.41) is 2.76. The third-order valence-electron chi connectivity index (χ3n) is 3.05. The van der Waals surface area contributed by atoms with E-state index in [2.05, 4.69) is 5.32 Å². The normalized spacial score (nSPS) is 11.1. The van der Waals surface area contributed by atoms with E-state index in [1.54, 1.807) is 12.1 Å². The maximum atomic E-state index is 12.1. The summed E-state index contributed by atoms with van der Waals surface area (Å²) in [6.45, 7) is 1.86. The van der Waals surface area contributed by atoms with Crippen LogP contribution >= 0.6 is 0 Å². The van der Waals surface area contributed by atoms with Crippen LogP contribution in [0.3, 0.4) is 0 Å². The van der Waals surface area contributed by atoms with Gasteiger partial charge in [-0.1, -0.05) is 6.07 Å². The molecule has 2 rings (SSSR count). The smallest absolute Gasteiger partial charge is 0.255 e. The number of amides is 1. The van der Waals surface area contributed by atoms with Crippen LogP contribution in [0, 0.1) is 6.92 Å². The number of carbonyl (C=O) groups excluding carboxylic acids is 1. The quantitative estimate of drug-likeness (QED) is 0.851. The third kappa shape index (κ3) is 3.61. The molecule has 0 radical (unpaired) electrons. The van der Waals surface area contributed by atoms with Crippen LogP contribution in [-0.4, -0.2) is 20.6 Å². The highest BCUT2D eigenvalue weighted by atomic mass is 32.2. The highest BCUT2D eigenvalue weighted by Gasteiger charge is 2.11. The lowest BCUT2D eigenvalue weighted by Gasteiger charge is -2.09. The molecule has 0 bridgehead atoms. The number of benzene rings is 2. The average Bonchev–Trinajstić information content (AvgIpc) is 2.42. The van der Waals surface area contributed by atoms with Crippen molar-refractivity contribution in [3.05, 3.63) is 53.6 Å². The van der Waals surface area contributed by atoms with Gasteiger partial charge in [-0.15, -0.1) is 0 Å². The van der Waals surface area contributed by atoms with Crippen LogP contribution in [0.25, 0.3) is 0 Å². The second kappa shape index (κ2) is 5.57. The van der Waals surface area contributed by atoms with Crippen molar-refractivity contribution < 1.29 is 13.2 Å². The predicted octanol–water partition coefficient (Wildman–Crippen LogP) is 2.23. The van der Waals surface area contributed by atoms with Crippen molar-refractivity contribution in [3.8, 4) is 0 Å². The molecule has 3 N–H and O–H groups in total. The molecule has 2 aromatic carbocycles. The molecule has 1 amide bonds. The number of aryl methyl sites for hydroxylation is 1. The highest BCUT2D eigenvalue weighted by molar-refractivity contribution is 7.90. The Morgan fingerprint density at radius 1 is 1.10 bits per heavy atom. The summed E-state index contributed by atoms with van der Waals surface area (Å²) in [5.41, 5.74) is 8.15. The lowest BCUT2D eigenvalue weighted by atomic mass is 10.1. The average molecular weight is 304 g/mol. The number of nitrogens with one attached hydrogen (secondary N) is 1. The van der Waals surface area contributed by atoms with Crippen LogP contribution in [0.15, 0.2) is 47.4 Å². The van der Waals surface area contributed by atoms with Gasteiger partial charge < -0.3 is 11.1 Å². The Hall–Kier alpha value is -2.34. The van der Waals surface area contributed by atoms with Gasteiger partial charge in [0.15, 0.2) is 9.84 Å². The summed E-state index contributed by atoms with van der Waals surface area (Å²) in [4.78, 5) is 12.3. The molecule has 0 spiro atoms. The Labute approximate surface area is 123 Å². The fourth-order valence-electron chi connectivity index (χ4n) is 1.82. The first-order valence-corrected chi connectivity index (χ1v) is 8.14. The van der Waals surface area contributed by atoms with Crippen molar-refractivity contribution in [1.29, 1.82) is 0 Å². The third-order valence-corrected chi connectivity index (χ3v) is 4.18. The molecule has 0 aliphatic carbocycles. The maximum absolute atomic E-state index is 12.1. The first-order chi connectivity index (χ1) is 9.77. The number of nitrogens with two attached hydrogens (primary N) is 1. The van der Waals surface area contributed by atoms with E-state index in [1.807, 2.05) is 13.0 Å². The molecule has 5 nitrogen and oxygen atoms in total. The van der Waals surface area contributed by atoms with Gasteiger partial charge in [-0.3, -0.25) is 4.79 Å². The Morgan fingerprint density at radius 2 is 1.71 bits per heavy atom. The van der Waals surface area contributed by atoms with Crippen molar-refractivity contribution in [1.82, 2.24) is 0 Å². The van der Waals surface area contributed by atoms with Gasteiger partial charge in [0.1, 0.15) is 0 Å². The summed E-state index contributed by atoms with van der Waals surface area (Å²) in [6, 6.07) is 11.0. The first-order valence-electron chi connectivity index (χ1n) is 6.25. The van der Waals surface area contributed by atoms with Crippen LogP contribution in [0.5, 0.6) is 0 Å². The summed E-state index contributed by atoms with van der Waals surface area (Å²) in [7, 11) is -3.26. The minimum atomic E-state index is -3.26. The van der Waals surface area contributed by atoms with E-state index in [-0.39, 0.29) is 10.8 Å². The van der Waals surface area contributed by atoms with Crippen LogP contribution in [-0.2, 0) is 9.84 Å². The second-order valence-electron chi connectivity index (χ2n) is 4.83. The van der Waals surface area contributed by atoms with Gasteiger partial charge in [-0.05, 0) is 48.9 Å². The molecule has 2 aromatic rings. The van der Waals surface area contributed by atoms with E-state index in [0.29, 0.717) is 16.9 Å². The number of anilines is 2. The number of carbonyl (C=O) groups is 1. The van der Waals surface area contributed by atoms with Gasteiger partial charge >= 0.3 is 0 Å². The van der Waals surface area contributed by atoms with E-state index >= 15 is 0 Å². The van der Waals surface area contributed by atoms with Gasteiger partial charge in [-0.2, -0.15) is 0 Å². The minimum Gasteiger partial charge on any atom is -0.399 e. The molecule has 0 saturated carbocycles. The number of hydrogen-bond donors (Lipinski definition) is 2. The molecule has 0 saturated heterocycles. The van der Waals surface area contributed by atoms with Gasteiger partial charge in [0.25, 0.3) is 5.91 Å². The standard InChI is InChI=1S/C15H16N2O3S/c1-10-3-6-12(16)9-14(10)17-15(18)11-4-7-13(8-5-11)21(2,19)20/h3-9H,16H2,1-2H3,(H,17,18). The summed E-state index contributed by atoms with van der Waals surface area (Å²) < 4.78 is 22.7. The summed E-state index contributed by atoms with van der Waals surface area (Å²) in [5.74, 6) is -0.316. The highest BCUT2D eigenvalue weighted by Crippen LogP contribution is 2.19. The molecule has 0 fully saturated rings. The summed E-state index contributed by atoms with van der Waals surface area (Å²) >= 11 is 0. The monoisotopic (exact) mass is 304 g/mol. The molecule has 0 aliphatic rings. The van der Waals surface area contributed by atoms with Crippen LogP contribution in [0.2, 0.25) is 0 Å². The van der Waals surface area contributed by atoms with E-state index < -0.39 is 9.84 Å². The Balaban J connectivity index is 2.23. The Bertz CT molecular complexity index is 781. The lowest BCUT2D eigenvalue weighted by Crippen LogP contribution is -2.13. The SMILES string of the molecule is Cc1ccc(N)cc1NC(=O)c1ccc(S(C)(=O)=O)cc1. The molecule has 110 valence electrons. The van der Waals surface area contributed by atoms with Gasteiger partial charge in [0.05, 0.1) is 4.90 Å². The molecular formula is C15H16N2O3S. The van der Waals surface area contributed by atoms with E-state index in [9.17, 15) is 13.2 Å². The van der Waals surface area contributed by atoms with Gasteiger partial charge in [-0.25, -0.2) is 8.42 Å². The number of rotatable bonds is 3. The maximum Gasteiger partial charge on any atom is 0.255 e. The molecule has 0 heterocycles. The fourth-order valence-corrected chi connectivity index (χ4v) is 2.45. The molecule has 0 aromatic heterocycles. The van der Waals surface area contributed by atoms with Crippen molar-refractivity contribution in [2.75, 3.05) is 17.3 Å². The molecular weight excluding hydrogens is 288 g/mol. The minimum absolute atomic E-state index is 0.180. The number of sulfone groups is 1. The Morgan fingerprint density at radius 3 is 2.29 bits per heavy atom. The fraction of sp³-hybridized carbons (Fsp3) is 0.133. The number of hydrogen-bond acceptors (Lipinski definition) is 4. The van der Waals surface area contributed by atoms with Gasteiger partial charge in [0, 0.05) is 23.2 Å². The van der Waals surface area contributed by atoms with E-state index in [1.165, 1.54) is 24.3 Å². The molecule has 0 aliphatic heterocycles. The molecule has 0 atom stereocenters. The zero-order chi connectivity index (χ0) is 15.6. The predicted molar refractivity (Wildman–Crippen MR) is 83.1 cm³/mol. The zero-order valence-corrected chi connectivity index (χ0v) is 12.6. The second-order valence-corrected chi connectivity index (χ2v) is 6.84. The molecule has 6 heteroatoms. The van der Waals surface area contributed by atoms with Crippen LogP contribution in [0.1, 0.15) is 15.9 Å². The van der Waals surface area contributed by atoms with E-state index in [4.69, 9.17) is 5.73 Å². The van der Waals surface area contributed by atoms with Crippen molar-refractivity contribution in [2.45, 2.75) is 11.8 Å². The van der Waals surface area contributed by atoms with Gasteiger partial charge in [0.2, 0.25) is 0 Å². The Kier molecular flexibility index (Phi) is 3.99. The zero-order valence-electron chi connectivity index (χ0n) is 11.8. The largest absolute Gasteiger partial charge is 0.399 e.